The number of amides is 1. The molecule has 122 valence electrons. The summed E-state index contributed by atoms with van der Waals surface area (Å²) in [6, 6.07) is 6.97. The Bertz CT molecular complexity index is 757. The zero-order valence-corrected chi connectivity index (χ0v) is 13.8. The first-order valence-corrected chi connectivity index (χ1v) is 7.41. The van der Waals surface area contributed by atoms with E-state index in [4.69, 9.17) is 11.6 Å². The van der Waals surface area contributed by atoms with Crippen LogP contribution in [0, 0.1) is 24.0 Å². The van der Waals surface area contributed by atoms with Crippen LogP contribution in [0.2, 0.25) is 5.02 Å². The molecule has 2 rings (SSSR count). The fourth-order valence-electron chi connectivity index (χ4n) is 2.43. The van der Waals surface area contributed by atoms with Crippen LogP contribution in [0.4, 0.5) is 5.69 Å². The smallest absolute Gasteiger partial charge is 0.312 e. The van der Waals surface area contributed by atoms with Crippen molar-refractivity contribution in [3.63, 3.8) is 0 Å². The van der Waals surface area contributed by atoms with Crippen LogP contribution in [-0.4, -0.2) is 20.6 Å². The average Bonchev–Trinajstić information content (AvgIpc) is 2.73. The van der Waals surface area contributed by atoms with E-state index in [1.807, 2.05) is 25.1 Å². The number of nitrogens with one attached hydrogen (secondary N) is 1. The second-order valence-electron chi connectivity index (χ2n) is 5.24. The van der Waals surface area contributed by atoms with Gasteiger partial charge in [-0.1, -0.05) is 29.8 Å². The van der Waals surface area contributed by atoms with Gasteiger partial charge in [-0.25, -0.2) is 0 Å². The number of nitro groups is 1. The standard InChI is InChI=1S/C15H17ClN4O3/c1-9(12-6-4-5-7-13(12)16)17-14(21)8-19-11(3)15(20(22)23)10(2)18-19/h4-7,9H,8H2,1-3H3,(H,17,21). The third-order valence-corrected chi connectivity index (χ3v) is 3.91. The Morgan fingerprint density at radius 2 is 2.09 bits per heavy atom. The highest BCUT2D eigenvalue weighted by atomic mass is 35.5. The molecular weight excluding hydrogens is 320 g/mol. The molecule has 23 heavy (non-hydrogen) atoms. The number of hydrogen-bond donors (Lipinski definition) is 1. The maximum absolute atomic E-state index is 12.2. The van der Waals surface area contributed by atoms with Crippen LogP contribution in [0.5, 0.6) is 0 Å². The van der Waals surface area contributed by atoms with Crippen molar-refractivity contribution in [1.82, 2.24) is 15.1 Å². The molecule has 7 nitrogen and oxygen atoms in total. The van der Waals surface area contributed by atoms with Crippen molar-refractivity contribution in [3.05, 3.63) is 56.4 Å². The number of rotatable bonds is 5. The molecule has 0 aliphatic carbocycles. The number of benzene rings is 1. The van der Waals surface area contributed by atoms with Crippen LogP contribution >= 0.6 is 11.6 Å². The quantitative estimate of drug-likeness (QED) is 0.671. The first-order chi connectivity index (χ1) is 10.8. The first-order valence-electron chi connectivity index (χ1n) is 7.03. The van der Waals surface area contributed by atoms with Gasteiger partial charge in [-0.05, 0) is 32.4 Å². The van der Waals surface area contributed by atoms with Crippen molar-refractivity contribution < 1.29 is 9.72 Å². The van der Waals surface area contributed by atoms with Crippen LogP contribution in [0.25, 0.3) is 0 Å². The zero-order chi connectivity index (χ0) is 17.1. The molecule has 0 saturated carbocycles. The van der Waals surface area contributed by atoms with E-state index in [0.717, 1.165) is 5.56 Å². The minimum atomic E-state index is -0.488. The maximum atomic E-state index is 12.2. The molecule has 1 amide bonds. The molecule has 1 aromatic heterocycles. The largest absolute Gasteiger partial charge is 0.348 e. The highest BCUT2D eigenvalue weighted by molar-refractivity contribution is 6.31. The first kappa shape index (κ1) is 17.0. The van der Waals surface area contributed by atoms with E-state index in [1.165, 1.54) is 4.68 Å². The van der Waals surface area contributed by atoms with Crippen LogP contribution in [0.3, 0.4) is 0 Å². The Morgan fingerprint density at radius 3 is 2.65 bits per heavy atom. The summed E-state index contributed by atoms with van der Waals surface area (Å²) in [5, 5.41) is 18.4. The van der Waals surface area contributed by atoms with Crippen molar-refractivity contribution in [3.8, 4) is 0 Å². The Hall–Kier alpha value is -2.41. The van der Waals surface area contributed by atoms with Crippen LogP contribution < -0.4 is 5.32 Å². The summed E-state index contributed by atoms with van der Waals surface area (Å²) < 4.78 is 1.34. The predicted molar refractivity (Wildman–Crippen MR) is 86.4 cm³/mol. The van der Waals surface area contributed by atoms with E-state index in [9.17, 15) is 14.9 Å². The predicted octanol–water partition coefficient (Wildman–Crippen LogP) is 2.94. The third kappa shape index (κ3) is 3.68. The molecule has 0 saturated heterocycles. The second kappa shape index (κ2) is 6.78. The number of carbonyl (C=O) groups is 1. The Balaban J connectivity index is 2.10. The molecule has 2 aromatic rings. The molecule has 0 bridgehead atoms. The summed E-state index contributed by atoms with van der Waals surface area (Å²) in [6.45, 7) is 4.85. The summed E-state index contributed by atoms with van der Waals surface area (Å²) in [4.78, 5) is 22.7. The molecular formula is C15H17ClN4O3. The van der Waals surface area contributed by atoms with Gasteiger partial charge in [0.05, 0.1) is 11.0 Å². The molecule has 0 aliphatic rings. The summed E-state index contributed by atoms with van der Waals surface area (Å²) >= 11 is 6.10. The molecule has 8 heteroatoms. The van der Waals surface area contributed by atoms with Crippen molar-refractivity contribution in [2.45, 2.75) is 33.4 Å². The SMILES string of the molecule is Cc1nn(CC(=O)NC(C)c2ccccc2Cl)c(C)c1[N+](=O)[O-]. The molecule has 0 fully saturated rings. The molecule has 0 spiro atoms. The Labute approximate surface area is 138 Å². The maximum Gasteiger partial charge on any atom is 0.312 e. The van der Waals surface area contributed by atoms with Gasteiger partial charge in [0.2, 0.25) is 5.91 Å². The van der Waals surface area contributed by atoms with Crippen LogP contribution in [0.15, 0.2) is 24.3 Å². The topological polar surface area (TPSA) is 90.1 Å². The van der Waals surface area contributed by atoms with Gasteiger partial charge in [0.25, 0.3) is 0 Å². The fraction of sp³-hybridized carbons (Fsp3) is 0.333. The van der Waals surface area contributed by atoms with Gasteiger partial charge in [-0.3, -0.25) is 19.6 Å². The van der Waals surface area contributed by atoms with E-state index < -0.39 is 4.92 Å². The lowest BCUT2D eigenvalue weighted by Crippen LogP contribution is -2.30. The van der Waals surface area contributed by atoms with E-state index >= 15 is 0 Å². The zero-order valence-electron chi connectivity index (χ0n) is 13.0. The average molecular weight is 337 g/mol. The lowest BCUT2D eigenvalue weighted by molar-refractivity contribution is -0.386. The molecule has 1 atom stereocenters. The van der Waals surface area contributed by atoms with E-state index in [0.29, 0.717) is 16.4 Å². The second-order valence-corrected chi connectivity index (χ2v) is 5.65. The Kier molecular flexibility index (Phi) is 5.00. The Morgan fingerprint density at radius 1 is 1.43 bits per heavy atom. The molecule has 1 heterocycles. The van der Waals surface area contributed by atoms with E-state index in [2.05, 4.69) is 10.4 Å². The molecule has 1 aromatic carbocycles. The summed E-state index contributed by atoms with van der Waals surface area (Å²) in [5.74, 6) is -0.294. The van der Waals surface area contributed by atoms with Gasteiger partial charge in [0.1, 0.15) is 17.9 Å². The minimum absolute atomic E-state index is 0.0584. The monoisotopic (exact) mass is 336 g/mol. The summed E-state index contributed by atoms with van der Waals surface area (Å²) in [5.41, 5.74) is 1.39. The normalized spacial score (nSPS) is 12.0. The van der Waals surface area contributed by atoms with Gasteiger partial charge in [-0.2, -0.15) is 5.10 Å². The van der Waals surface area contributed by atoms with Crippen molar-refractivity contribution in [1.29, 1.82) is 0 Å². The number of hydrogen-bond acceptors (Lipinski definition) is 4. The number of carbonyl (C=O) groups excluding carboxylic acids is 1. The van der Waals surface area contributed by atoms with Gasteiger partial charge in [0, 0.05) is 5.02 Å². The van der Waals surface area contributed by atoms with Crippen LogP contribution in [-0.2, 0) is 11.3 Å². The molecule has 0 aliphatic heterocycles. The van der Waals surface area contributed by atoms with Gasteiger partial charge in [0.15, 0.2) is 0 Å². The lowest BCUT2D eigenvalue weighted by Gasteiger charge is -2.15. The lowest BCUT2D eigenvalue weighted by atomic mass is 10.1. The highest BCUT2D eigenvalue weighted by Crippen LogP contribution is 2.23. The number of halogens is 1. The van der Waals surface area contributed by atoms with E-state index in [-0.39, 0.29) is 24.2 Å². The summed E-state index contributed by atoms with van der Waals surface area (Å²) in [7, 11) is 0. The van der Waals surface area contributed by atoms with Crippen LogP contribution in [0.1, 0.15) is 29.9 Å². The fourth-order valence-corrected chi connectivity index (χ4v) is 2.73. The number of aromatic nitrogens is 2. The molecule has 1 N–H and O–H groups in total. The van der Waals surface area contributed by atoms with Crippen molar-refractivity contribution in [2.75, 3.05) is 0 Å². The minimum Gasteiger partial charge on any atom is -0.348 e. The van der Waals surface area contributed by atoms with Gasteiger partial charge >= 0.3 is 5.69 Å². The molecule has 1 unspecified atom stereocenters. The van der Waals surface area contributed by atoms with Crippen molar-refractivity contribution >= 4 is 23.2 Å². The van der Waals surface area contributed by atoms with Gasteiger partial charge in [-0.15, -0.1) is 0 Å². The number of nitrogens with zero attached hydrogens (tertiary/aromatic N) is 3. The highest BCUT2D eigenvalue weighted by Gasteiger charge is 2.23. The number of aryl methyl sites for hydroxylation is 1. The van der Waals surface area contributed by atoms with Crippen molar-refractivity contribution in [2.24, 2.45) is 0 Å². The van der Waals surface area contributed by atoms with E-state index in [1.54, 1.807) is 19.9 Å². The third-order valence-electron chi connectivity index (χ3n) is 3.57. The van der Waals surface area contributed by atoms with Gasteiger partial charge < -0.3 is 5.32 Å². The summed E-state index contributed by atoms with van der Waals surface area (Å²) in [6.07, 6.45) is 0. The molecule has 0 radical (unpaired) electrons.